The van der Waals surface area contributed by atoms with Gasteiger partial charge in [-0.25, -0.2) is 4.39 Å². The molecule has 0 radical (unpaired) electrons. The predicted octanol–water partition coefficient (Wildman–Crippen LogP) is 5.46. The molecule has 0 spiro atoms. The minimum absolute atomic E-state index is 0.207. The molecule has 2 aromatic rings. The van der Waals surface area contributed by atoms with Crippen LogP contribution in [0, 0.1) is 5.82 Å². The van der Waals surface area contributed by atoms with E-state index in [0.717, 1.165) is 0 Å². The van der Waals surface area contributed by atoms with Gasteiger partial charge in [-0.15, -0.1) is 0 Å². The molecule has 0 atom stereocenters. The van der Waals surface area contributed by atoms with Gasteiger partial charge in [0.15, 0.2) is 0 Å². The summed E-state index contributed by atoms with van der Waals surface area (Å²) in [5, 5.41) is 0.753. The first-order valence-corrected chi connectivity index (χ1v) is 6.15. The van der Waals surface area contributed by atoms with Gasteiger partial charge >= 0.3 is 0 Å². The predicted molar refractivity (Wildman–Crippen MR) is 73.4 cm³/mol. The van der Waals surface area contributed by atoms with Crippen LogP contribution in [-0.4, -0.2) is 7.11 Å². The molecule has 94 valence electrons. The van der Waals surface area contributed by atoms with E-state index in [4.69, 9.17) is 39.5 Å². The van der Waals surface area contributed by atoms with Crippen LogP contribution in [0.1, 0.15) is 0 Å². The molecule has 0 N–H and O–H groups in total. The Morgan fingerprint density at radius 2 is 1.67 bits per heavy atom. The molecule has 0 bridgehead atoms. The van der Waals surface area contributed by atoms with Gasteiger partial charge in [-0.1, -0.05) is 40.9 Å². The van der Waals surface area contributed by atoms with Crippen molar-refractivity contribution in [1.82, 2.24) is 0 Å². The summed E-state index contributed by atoms with van der Waals surface area (Å²) in [7, 11) is 1.51. The summed E-state index contributed by atoms with van der Waals surface area (Å²) in [6.07, 6.45) is 0. The van der Waals surface area contributed by atoms with Crippen LogP contribution in [0.5, 0.6) is 5.75 Å². The minimum Gasteiger partial charge on any atom is -0.497 e. The minimum atomic E-state index is -0.406. The number of methoxy groups -OCH3 is 1. The Labute approximate surface area is 119 Å². The molecule has 0 amide bonds. The van der Waals surface area contributed by atoms with E-state index in [1.807, 2.05) is 0 Å². The fraction of sp³-hybridized carbons (Fsp3) is 0.0769. The Hall–Kier alpha value is -0.960. The second-order valence-corrected chi connectivity index (χ2v) is 4.73. The van der Waals surface area contributed by atoms with Crippen molar-refractivity contribution in [3.63, 3.8) is 0 Å². The molecular formula is C13H8Cl3FO. The molecule has 18 heavy (non-hydrogen) atoms. The van der Waals surface area contributed by atoms with Crippen LogP contribution in [0.3, 0.4) is 0 Å². The third-order valence-electron chi connectivity index (χ3n) is 2.50. The molecule has 0 fully saturated rings. The Morgan fingerprint density at radius 3 is 2.33 bits per heavy atom. The van der Waals surface area contributed by atoms with Gasteiger partial charge in [0.25, 0.3) is 0 Å². The van der Waals surface area contributed by atoms with Gasteiger partial charge in [0, 0.05) is 11.1 Å². The quantitative estimate of drug-likeness (QED) is 0.669. The van der Waals surface area contributed by atoms with Crippen molar-refractivity contribution >= 4 is 34.8 Å². The fourth-order valence-corrected chi connectivity index (χ4v) is 2.21. The highest BCUT2D eigenvalue weighted by Gasteiger charge is 2.14. The second kappa shape index (κ2) is 5.35. The largest absolute Gasteiger partial charge is 0.497 e. The molecule has 1 nitrogen and oxygen atoms in total. The van der Waals surface area contributed by atoms with E-state index in [9.17, 15) is 4.39 Å². The normalized spacial score (nSPS) is 10.5. The van der Waals surface area contributed by atoms with Gasteiger partial charge in [0.05, 0.1) is 22.2 Å². The Kier molecular flexibility index (Phi) is 4.00. The maximum absolute atomic E-state index is 13.8. The van der Waals surface area contributed by atoms with E-state index in [2.05, 4.69) is 0 Å². The topological polar surface area (TPSA) is 9.23 Å². The molecule has 0 unspecified atom stereocenters. The lowest BCUT2D eigenvalue weighted by molar-refractivity contribution is 0.414. The lowest BCUT2D eigenvalue weighted by Gasteiger charge is -2.10. The summed E-state index contributed by atoms with van der Waals surface area (Å²) in [5.41, 5.74) is 0.792. The van der Waals surface area contributed by atoms with Crippen LogP contribution in [0.25, 0.3) is 11.1 Å². The van der Waals surface area contributed by atoms with Gasteiger partial charge in [-0.3, -0.25) is 0 Å². The number of hydrogen-bond donors (Lipinski definition) is 0. The zero-order chi connectivity index (χ0) is 13.3. The lowest BCUT2D eigenvalue weighted by Crippen LogP contribution is -1.89. The number of rotatable bonds is 2. The Morgan fingerprint density at radius 1 is 0.944 bits per heavy atom. The number of halogens is 4. The maximum Gasteiger partial charge on any atom is 0.131 e. The highest BCUT2D eigenvalue weighted by Crippen LogP contribution is 2.39. The van der Waals surface area contributed by atoms with E-state index in [0.29, 0.717) is 21.9 Å². The highest BCUT2D eigenvalue weighted by molar-refractivity contribution is 6.49. The molecule has 0 aliphatic carbocycles. The summed E-state index contributed by atoms with van der Waals surface area (Å²) in [5.74, 6) is 0.129. The van der Waals surface area contributed by atoms with Crippen LogP contribution in [0.15, 0.2) is 30.3 Å². The van der Waals surface area contributed by atoms with Crippen LogP contribution in [-0.2, 0) is 0 Å². The van der Waals surface area contributed by atoms with Crippen molar-refractivity contribution in [2.45, 2.75) is 0 Å². The van der Waals surface area contributed by atoms with Crippen molar-refractivity contribution in [2.24, 2.45) is 0 Å². The van der Waals surface area contributed by atoms with Crippen molar-refractivity contribution in [3.05, 3.63) is 51.2 Å². The van der Waals surface area contributed by atoms with Gasteiger partial charge < -0.3 is 4.74 Å². The molecule has 2 aromatic carbocycles. The van der Waals surface area contributed by atoms with E-state index in [-0.39, 0.29) is 10.0 Å². The highest BCUT2D eigenvalue weighted by atomic mass is 35.5. The lowest BCUT2D eigenvalue weighted by atomic mass is 10.0. The fourth-order valence-electron chi connectivity index (χ4n) is 1.57. The van der Waals surface area contributed by atoms with Crippen molar-refractivity contribution in [2.75, 3.05) is 7.11 Å². The summed E-state index contributed by atoms with van der Waals surface area (Å²) < 4.78 is 18.9. The first kappa shape index (κ1) is 13.5. The summed E-state index contributed by atoms with van der Waals surface area (Å²) in [6.45, 7) is 0. The Balaban J connectivity index is 2.65. The number of benzene rings is 2. The summed E-state index contributed by atoms with van der Waals surface area (Å²) in [4.78, 5) is 0. The van der Waals surface area contributed by atoms with Crippen LogP contribution < -0.4 is 4.74 Å². The summed E-state index contributed by atoms with van der Waals surface area (Å²) in [6, 6.07) is 7.59. The van der Waals surface area contributed by atoms with Crippen molar-refractivity contribution < 1.29 is 9.13 Å². The van der Waals surface area contributed by atoms with Gasteiger partial charge in [0.1, 0.15) is 11.6 Å². The van der Waals surface area contributed by atoms with E-state index in [1.54, 1.807) is 18.2 Å². The van der Waals surface area contributed by atoms with Crippen molar-refractivity contribution in [1.29, 1.82) is 0 Å². The SMILES string of the molecule is COc1ccc(F)c(-c2ccc(Cl)c(Cl)c2Cl)c1. The van der Waals surface area contributed by atoms with Crippen LogP contribution in [0.2, 0.25) is 15.1 Å². The molecule has 0 aliphatic rings. The van der Waals surface area contributed by atoms with Crippen LogP contribution >= 0.6 is 34.8 Å². The first-order valence-electron chi connectivity index (χ1n) is 5.02. The smallest absolute Gasteiger partial charge is 0.131 e. The average Bonchev–Trinajstić information content (AvgIpc) is 2.37. The van der Waals surface area contributed by atoms with E-state index in [1.165, 1.54) is 19.2 Å². The molecule has 0 aromatic heterocycles. The average molecular weight is 306 g/mol. The van der Waals surface area contributed by atoms with E-state index >= 15 is 0 Å². The van der Waals surface area contributed by atoms with E-state index < -0.39 is 5.82 Å². The summed E-state index contributed by atoms with van der Waals surface area (Å²) >= 11 is 17.9. The molecule has 0 saturated heterocycles. The molecule has 2 rings (SSSR count). The first-order chi connectivity index (χ1) is 8.54. The zero-order valence-electron chi connectivity index (χ0n) is 9.31. The third-order valence-corrected chi connectivity index (χ3v) is 3.79. The van der Waals surface area contributed by atoms with Crippen LogP contribution in [0.4, 0.5) is 4.39 Å². The Bertz CT molecular complexity index is 599. The van der Waals surface area contributed by atoms with Gasteiger partial charge in [0.2, 0.25) is 0 Å². The monoisotopic (exact) mass is 304 g/mol. The van der Waals surface area contributed by atoms with Gasteiger partial charge in [-0.2, -0.15) is 0 Å². The second-order valence-electron chi connectivity index (χ2n) is 3.57. The number of hydrogen-bond acceptors (Lipinski definition) is 1. The molecule has 0 heterocycles. The molecule has 0 aliphatic heterocycles. The third kappa shape index (κ3) is 2.41. The van der Waals surface area contributed by atoms with Crippen molar-refractivity contribution in [3.8, 4) is 16.9 Å². The maximum atomic E-state index is 13.8. The standard InChI is InChI=1S/C13H8Cl3FO/c1-18-7-2-5-11(17)9(6-7)8-3-4-10(14)13(16)12(8)15/h2-6H,1H3. The molecular weight excluding hydrogens is 297 g/mol. The molecule has 5 heteroatoms. The van der Waals surface area contributed by atoms with Gasteiger partial charge in [-0.05, 0) is 24.3 Å². The zero-order valence-corrected chi connectivity index (χ0v) is 11.6. The molecule has 0 saturated carbocycles. The number of ether oxygens (including phenoxy) is 1.